The number of hydrogen-bond acceptors (Lipinski definition) is 5. The lowest BCUT2D eigenvalue weighted by Crippen LogP contribution is -2.32. The molecule has 39 heavy (non-hydrogen) atoms. The second-order valence-electron chi connectivity index (χ2n) is 10.1. The molecule has 218 valence electrons. The summed E-state index contributed by atoms with van der Waals surface area (Å²) in [4.78, 5) is 24.5. The van der Waals surface area contributed by atoms with Crippen molar-refractivity contribution < 1.29 is 19.4 Å². The number of imidazole rings is 1. The van der Waals surface area contributed by atoms with Crippen LogP contribution < -0.4 is 10.3 Å². The first kappa shape index (κ1) is 32.8. The number of carbonyl (C=O) groups is 1. The number of anilines is 1. The van der Waals surface area contributed by atoms with E-state index in [4.69, 9.17) is 10.1 Å². The van der Waals surface area contributed by atoms with Crippen molar-refractivity contribution in [2.75, 3.05) is 18.5 Å². The molecule has 1 amide bonds. The summed E-state index contributed by atoms with van der Waals surface area (Å²) in [5.41, 5.74) is 3.03. The summed E-state index contributed by atoms with van der Waals surface area (Å²) >= 11 is 3.38. The maximum Gasteiger partial charge on any atom is 0.276 e. The van der Waals surface area contributed by atoms with Crippen molar-refractivity contribution in [3.63, 3.8) is 0 Å². The second kappa shape index (κ2) is 17.3. The fourth-order valence-corrected chi connectivity index (χ4v) is 5.22. The number of amides is 1. The smallest absolute Gasteiger partial charge is 0.276 e. The second-order valence-corrected chi connectivity index (χ2v) is 11.0. The molecule has 1 aliphatic rings. The van der Waals surface area contributed by atoms with Crippen LogP contribution in [0.2, 0.25) is 0 Å². The van der Waals surface area contributed by atoms with Gasteiger partial charge in [-0.25, -0.2) is 4.98 Å². The third-order valence-corrected chi connectivity index (χ3v) is 7.48. The Labute approximate surface area is 241 Å². The van der Waals surface area contributed by atoms with E-state index in [1.807, 2.05) is 37.5 Å². The summed E-state index contributed by atoms with van der Waals surface area (Å²) in [6.45, 7) is 13.2. The van der Waals surface area contributed by atoms with Crippen LogP contribution >= 0.6 is 15.9 Å². The van der Waals surface area contributed by atoms with Gasteiger partial charge in [0.2, 0.25) is 5.95 Å². The van der Waals surface area contributed by atoms with Gasteiger partial charge in [-0.1, -0.05) is 58.6 Å². The zero-order valence-corrected chi connectivity index (χ0v) is 25.7. The third-order valence-electron chi connectivity index (χ3n) is 6.86. The summed E-state index contributed by atoms with van der Waals surface area (Å²) in [5, 5.41) is 11.6. The molecular formula is C30H46BrFN4O3. The molecule has 0 radical (unpaired) electrons. The number of benzene rings is 1. The molecular weight excluding hydrogens is 563 g/mol. The minimum Gasteiger partial charge on any atom is -0.396 e. The number of halogens is 2. The minimum absolute atomic E-state index is 0.0877. The topological polar surface area (TPSA) is 79.6 Å². The lowest BCUT2D eigenvalue weighted by atomic mass is 10.1. The number of aryl methyl sites for hydroxylation is 1. The zero-order valence-electron chi connectivity index (χ0n) is 24.1. The minimum atomic E-state index is -0.0877. The van der Waals surface area contributed by atoms with Gasteiger partial charge in [0, 0.05) is 29.4 Å². The number of aromatic nitrogens is 2. The Kier molecular flexibility index (Phi) is 14.6. The SMILES string of the molecule is C=C(C)N(CC)C(=O)c1c(CCCC)nc(NC2CCCCCC2)n1Cc1ccc(OF)c(Br)c1.CCCO. The van der Waals surface area contributed by atoms with Gasteiger partial charge in [0.1, 0.15) is 5.69 Å². The number of carbonyl (C=O) groups excluding carboxylic acids is 1. The van der Waals surface area contributed by atoms with E-state index in [0.717, 1.165) is 55.7 Å². The van der Waals surface area contributed by atoms with Crippen LogP contribution in [0.1, 0.15) is 107 Å². The van der Waals surface area contributed by atoms with E-state index >= 15 is 0 Å². The first-order valence-corrected chi connectivity index (χ1v) is 15.1. The van der Waals surface area contributed by atoms with Gasteiger partial charge in [0.15, 0.2) is 5.75 Å². The lowest BCUT2D eigenvalue weighted by Gasteiger charge is -2.23. The average molecular weight is 610 g/mol. The van der Waals surface area contributed by atoms with Crippen LogP contribution in [0.5, 0.6) is 5.75 Å². The van der Waals surface area contributed by atoms with Crippen LogP contribution in [0.3, 0.4) is 0 Å². The number of unbranched alkanes of at least 4 members (excludes halogenated alkanes) is 1. The van der Waals surface area contributed by atoms with E-state index in [1.165, 1.54) is 25.7 Å². The quantitative estimate of drug-likeness (QED) is 0.240. The van der Waals surface area contributed by atoms with E-state index < -0.39 is 0 Å². The molecule has 0 aliphatic heterocycles. The van der Waals surface area contributed by atoms with Crippen molar-refractivity contribution in [3.05, 3.63) is 51.9 Å². The number of aliphatic hydroxyl groups is 1. The van der Waals surface area contributed by atoms with E-state index in [9.17, 15) is 9.32 Å². The summed E-state index contributed by atoms with van der Waals surface area (Å²) in [5.74, 6) is 0.761. The molecule has 0 saturated heterocycles. The highest BCUT2D eigenvalue weighted by atomic mass is 79.9. The summed E-state index contributed by atoms with van der Waals surface area (Å²) in [7, 11) is 0. The highest BCUT2D eigenvalue weighted by Gasteiger charge is 2.28. The number of rotatable bonds is 12. The van der Waals surface area contributed by atoms with Crippen LogP contribution in [0, 0.1) is 0 Å². The Hall–Kier alpha value is -2.39. The van der Waals surface area contributed by atoms with Crippen LogP contribution in [-0.2, 0) is 13.0 Å². The van der Waals surface area contributed by atoms with E-state index in [1.54, 1.807) is 11.0 Å². The maximum absolute atomic E-state index is 13.8. The van der Waals surface area contributed by atoms with Gasteiger partial charge >= 0.3 is 0 Å². The van der Waals surface area contributed by atoms with Crippen molar-refractivity contribution in [3.8, 4) is 5.75 Å². The van der Waals surface area contributed by atoms with Gasteiger partial charge in [-0.2, -0.15) is 0 Å². The molecule has 2 aromatic rings. The monoisotopic (exact) mass is 608 g/mol. The number of nitrogens with one attached hydrogen (secondary N) is 1. The van der Waals surface area contributed by atoms with Crippen LogP contribution in [-0.4, -0.2) is 44.7 Å². The lowest BCUT2D eigenvalue weighted by molar-refractivity contribution is -0.00716. The van der Waals surface area contributed by atoms with Crippen LogP contribution in [0.15, 0.2) is 34.9 Å². The fraction of sp³-hybridized carbons (Fsp3) is 0.600. The number of hydrogen-bond donors (Lipinski definition) is 2. The first-order valence-electron chi connectivity index (χ1n) is 14.3. The molecule has 0 bridgehead atoms. The molecule has 2 N–H and O–H groups in total. The Balaban J connectivity index is 0.00000124. The summed E-state index contributed by atoms with van der Waals surface area (Å²) in [6.07, 6.45) is 10.7. The van der Waals surface area contributed by atoms with E-state index in [2.05, 4.69) is 39.7 Å². The van der Waals surface area contributed by atoms with Crippen molar-refractivity contribution in [1.29, 1.82) is 0 Å². The van der Waals surface area contributed by atoms with Crippen molar-refractivity contribution >= 4 is 27.8 Å². The maximum atomic E-state index is 13.8. The van der Waals surface area contributed by atoms with E-state index in [0.29, 0.717) is 41.6 Å². The van der Waals surface area contributed by atoms with Crippen LogP contribution in [0.4, 0.5) is 10.5 Å². The molecule has 1 aliphatic carbocycles. The van der Waals surface area contributed by atoms with Gasteiger partial charge < -0.3 is 19.9 Å². The molecule has 1 aromatic heterocycles. The van der Waals surface area contributed by atoms with Crippen LogP contribution in [0.25, 0.3) is 0 Å². The van der Waals surface area contributed by atoms with Crippen molar-refractivity contribution in [2.45, 2.75) is 104 Å². The zero-order chi connectivity index (χ0) is 28.8. The predicted molar refractivity (Wildman–Crippen MR) is 160 cm³/mol. The molecule has 7 nitrogen and oxygen atoms in total. The number of nitrogens with zero attached hydrogens (tertiary/aromatic N) is 3. The molecule has 0 atom stereocenters. The fourth-order valence-electron chi connectivity index (χ4n) is 4.73. The Morgan fingerprint density at radius 3 is 2.41 bits per heavy atom. The standard InChI is InChI=1S/C27H38BrFN4O2.C3H8O/c1-5-7-14-23-25(26(34)32(6-2)19(3)4)33(18-20-15-16-24(35-29)22(28)17-20)27(31-23)30-21-12-10-8-9-11-13-21;1-2-3-4/h15-17,21H,3,5-14,18H2,1-2,4H3,(H,30,31);4H,2-3H2,1H3. The van der Waals surface area contributed by atoms with Gasteiger partial charge in [-0.3, -0.25) is 9.74 Å². The third kappa shape index (κ3) is 9.64. The molecule has 0 unspecified atom stereocenters. The molecule has 1 heterocycles. The van der Waals surface area contributed by atoms with Crippen molar-refractivity contribution in [1.82, 2.24) is 14.5 Å². The molecule has 1 fully saturated rings. The first-order chi connectivity index (χ1) is 18.8. The van der Waals surface area contributed by atoms with Crippen molar-refractivity contribution in [2.24, 2.45) is 0 Å². The Morgan fingerprint density at radius 1 is 1.23 bits per heavy atom. The molecule has 3 rings (SSSR count). The molecule has 9 heteroatoms. The molecule has 0 spiro atoms. The molecule has 1 aromatic carbocycles. The summed E-state index contributed by atoms with van der Waals surface area (Å²) in [6, 6.07) is 5.55. The highest BCUT2D eigenvalue weighted by Crippen LogP contribution is 2.30. The number of aliphatic hydroxyl groups excluding tert-OH is 1. The van der Waals surface area contributed by atoms with Gasteiger partial charge in [0.05, 0.1) is 16.7 Å². The predicted octanol–water partition coefficient (Wildman–Crippen LogP) is 7.82. The highest BCUT2D eigenvalue weighted by molar-refractivity contribution is 9.10. The van der Waals surface area contributed by atoms with Gasteiger partial charge in [0.25, 0.3) is 5.91 Å². The van der Waals surface area contributed by atoms with E-state index in [-0.39, 0.29) is 11.7 Å². The normalized spacial score (nSPS) is 13.7. The van der Waals surface area contributed by atoms with Gasteiger partial charge in [-0.05, 0) is 79.6 Å². The Morgan fingerprint density at radius 2 is 1.90 bits per heavy atom. The average Bonchev–Trinajstić information content (AvgIpc) is 3.05. The number of allylic oxidation sites excluding steroid dienone is 1. The largest absolute Gasteiger partial charge is 0.396 e. The summed E-state index contributed by atoms with van der Waals surface area (Å²) < 4.78 is 15.3. The van der Waals surface area contributed by atoms with Gasteiger partial charge in [-0.15, -0.1) is 0 Å². The molecule has 1 saturated carbocycles. The Bertz CT molecular complexity index is 1050.